The maximum Gasteiger partial charge on any atom is 0.309 e. The van der Waals surface area contributed by atoms with E-state index in [4.69, 9.17) is 4.74 Å². The van der Waals surface area contributed by atoms with Crippen molar-refractivity contribution < 1.29 is 28.6 Å². The predicted octanol–water partition coefficient (Wildman–Crippen LogP) is 6.00. The first-order valence-electron chi connectivity index (χ1n) is 16.7. The molecule has 0 spiro atoms. The van der Waals surface area contributed by atoms with Crippen molar-refractivity contribution in [2.24, 2.45) is 11.8 Å². The number of nitrogens with one attached hydrogen (secondary N) is 3. The Morgan fingerprint density at radius 3 is 2.27 bits per heavy atom. The molecule has 0 aliphatic rings. The van der Waals surface area contributed by atoms with Crippen LogP contribution in [0.3, 0.4) is 0 Å². The third kappa shape index (κ3) is 11.6. The summed E-state index contributed by atoms with van der Waals surface area (Å²) >= 11 is 0. The Morgan fingerprint density at radius 1 is 0.837 bits per heavy atom. The lowest BCUT2D eigenvalue weighted by atomic mass is 9.94. The molecule has 0 fully saturated rings. The fourth-order valence-electron chi connectivity index (χ4n) is 5.92. The number of rotatable bonds is 20. The molecular weight excluding hydrogens is 621 g/mol. The van der Waals surface area contributed by atoms with Gasteiger partial charge in [-0.3, -0.25) is 14.4 Å². The summed E-state index contributed by atoms with van der Waals surface area (Å²) in [6.07, 6.45) is 7.67. The molecule has 0 saturated heterocycles. The number of hydrogen-bond donors (Lipinski definition) is 4. The molecule has 4 atom stereocenters. The van der Waals surface area contributed by atoms with Gasteiger partial charge in [0.25, 0.3) is 0 Å². The van der Waals surface area contributed by atoms with Gasteiger partial charge in [-0.15, -0.1) is 13.2 Å². The average Bonchev–Trinajstić information content (AvgIpc) is 3.52. The summed E-state index contributed by atoms with van der Waals surface area (Å²) < 4.78 is 19.4. The molecule has 3 aromatic carbocycles. The number of fused-ring (bicyclic) bond motifs is 1. The van der Waals surface area contributed by atoms with Crippen LogP contribution in [0.1, 0.15) is 42.4 Å². The second-order valence-corrected chi connectivity index (χ2v) is 12.4. The Labute approximate surface area is 287 Å². The molecule has 4 rings (SSSR count). The highest BCUT2D eigenvalue weighted by Crippen LogP contribution is 2.21. The maximum absolute atomic E-state index is 13.7. The van der Waals surface area contributed by atoms with Crippen LogP contribution in [-0.4, -0.2) is 53.2 Å². The van der Waals surface area contributed by atoms with Crippen LogP contribution in [0.2, 0.25) is 0 Å². The summed E-state index contributed by atoms with van der Waals surface area (Å²) in [7, 11) is 0. The molecule has 0 bridgehead atoms. The van der Waals surface area contributed by atoms with Gasteiger partial charge in [-0.05, 0) is 73.4 Å². The summed E-state index contributed by atoms with van der Waals surface area (Å²) in [5.74, 6) is -2.71. The van der Waals surface area contributed by atoms with Crippen molar-refractivity contribution in [3.63, 3.8) is 0 Å². The number of allylic oxidation sites excluding steroid dienone is 2. The normalized spacial score (nSPS) is 13.5. The zero-order valence-corrected chi connectivity index (χ0v) is 27.8. The molecule has 0 saturated carbocycles. The van der Waals surface area contributed by atoms with Crippen LogP contribution in [0.4, 0.5) is 4.39 Å². The molecule has 8 nitrogen and oxygen atoms in total. The van der Waals surface area contributed by atoms with Crippen molar-refractivity contribution in [1.29, 1.82) is 0 Å². The number of esters is 1. The number of aliphatic hydroxyl groups excluding tert-OH is 1. The number of halogens is 1. The van der Waals surface area contributed by atoms with Gasteiger partial charge < -0.3 is 25.5 Å². The van der Waals surface area contributed by atoms with E-state index in [-0.39, 0.29) is 43.7 Å². The number of benzene rings is 3. The lowest BCUT2D eigenvalue weighted by molar-refractivity contribution is -0.150. The highest BCUT2D eigenvalue weighted by atomic mass is 19.1. The van der Waals surface area contributed by atoms with E-state index in [0.717, 1.165) is 27.6 Å². The molecular formula is C40H46FN3O5. The average molecular weight is 668 g/mol. The minimum Gasteiger partial charge on any atom is -0.463 e. The van der Waals surface area contributed by atoms with E-state index < -0.39 is 29.9 Å². The SMILES string of the molecule is C=CCC[C@H](Cc1ccc(F)cc1)C(=O)OC[C@@H](Cc1c[nH]c2ccccc12)NC(=O)[C@@H](CC=C)CC(=O)N[C@@H](CO)Cc1ccccc1. The number of carbonyl (C=O) groups excluding carboxylic acids is 3. The molecule has 1 heterocycles. The quantitative estimate of drug-likeness (QED) is 0.0681. The molecule has 2 amide bonds. The Hall–Kier alpha value is -5.02. The standard InChI is InChI=1S/C40H46FN3O5/c1-3-5-14-31(21-29-17-19-33(41)20-18-29)40(48)49-27-35(23-32-25-42-37-16-10-9-15-36(32)37)44-39(47)30(11-4-2)24-38(46)43-34(26-45)22-28-12-7-6-8-13-28/h3-4,6-10,12-13,15-20,25,30-31,34-35,42,45H,1-2,5,11,14,21-24,26-27H2,(H,43,46)(H,44,47)/t30-,31+,34+,35+/m0/s1. The number of aliphatic hydroxyl groups is 1. The minimum atomic E-state index is -0.728. The predicted molar refractivity (Wildman–Crippen MR) is 190 cm³/mol. The smallest absolute Gasteiger partial charge is 0.309 e. The van der Waals surface area contributed by atoms with E-state index in [1.165, 1.54) is 12.1 Å². The molecule has 0 radical (unpaired) electrons. The van der Waals surface area contributed by atoms with Gasteiger partial charge >= 0.3 is 5.97 Å². The molecule has 0 aliphatic heterocycles. The first-order valence-corrected chi connectivity index (χ1v) is 16.7. The third-order valence-corrected chi connectivity index (χ3v) is 8.53. The van der Waals surface area contributed by atoms with E-state index in [0.29, 0.717) is 32.1 Å². The molecule has 1 aromatic heterocycles. The highest BCUT2D eigenvalue weighted by molar-refractivity contribution is 5.87. The van der Waals surface area contributed by atoms with Gasteiger partial charge in [-0.2, -0.15) is 0 Å². The number of aromatic nitrogens is 1. The summed E-state index contributed by atoms with van der Waals surface area (Å²) in [6.45, 7) is 7.23. The van der Waals surface area contributed by atoms with E-state index in [1.807, 2.05) is 60.8 Å². The van der Waals surface area contributed by atoms with Gasteiger partial charge in [0.2, 0.25) is 11.8 Å². The Kier molecular flexibility index (Phi) is 14.3. The van der Waals surface area contributed by atoms with Crippen molar-refractivity contribution in [3.05, 3.63) is 133 Å². The fourth-order valence-corrected chi connectivity index (χ4v) is 5.92. The second-order valence-electron chi connectivity index (χ2n) is 12.4. The van der Waals surface area contributed by atoms with Crippen molar-refractivity contribution in [2.75, 3.05) is 13.2 Å². The molecule has 0 aliphatic carbocycles. The van der Waals surface area contributed by atoms with Crippen LogP contribution in [0.15, 0.2) is 110 Å². The third-order valence-electron chi connectivity index (χ3n) is 8.53. The number of amides is 2. The number of para-hydroxylation sites is 1. The number of H-pyrrole nitrogens is 1. The molecule has 4 N–H and O–H groups in total. The van der Waals surface area contributed by atoms with Gasteiger partial charge in [0.05, 0.1) is 30.5 Å². The number of aromatic amines is 1. The summed E-state index contributed by atoms with van der Waals surface area (Å²) in [5, 5.41) is 16.8. The Bertz CT molecular complexity index is 1670. The van der Waals surface area contributed by atoms with E-state index in [1.54, 1.807) is 24.3 Å². The largest absolute Gasteiger partial charge is 0.463 e. The van der Waals surface area contributed by atoms with Crippen molar-refractivity contribution in [3.8, 4) is 0 Å². The molecule has 49 heavy (non-hydrogen) atoms. The van der Waals surface area contributed by atoms with E-state index in [9.17, 15) is 23.9 Å². The van der Waals surface area contributed by atoms with Crippen LogP contribution < -0.4 is 10.6 Å². The zero-order chi connectivity index (χ0) is 35.0. The lowest BCUT2D eigenvalue weighted by Gasteiger charge is -2.24. The van der Waals surface area contributed by atoms with Crippen LogP contribution in [0.5, 0.6) is 0 Å². The van der Waals surface area contributed by atoms with Crippen molar-refractivity contribution in [2.45, 2.75) is 57.0 Å². The Balaban J connectivity index is 1.46. The maximum atomic E-state index is 13.7. The van der Waals surface area contributed by atoms with E-state index >= 15 is 0 Å². The topological polar surface area (TPSA) is 121 Å². The van der Waals surface area contributed by atoms with Gasteiger partial charge in [-0.1, -0.05) is 72.8 Å². The minimum absolute atomic E-state index is 0.0885. The molecule has 258 valence electrons. The van der Waals surface area contributed by atoms with Crippen molar-refractivity contribution >= 4 is 28.7 Å². The monoisotopic (exact) mass is 667 g/mol. The highest BCUT2D eigenvalue weighted by Gasteiger charge is 2.27. The lowest BCUT2D eigenvalue weighted by Crippen LogP contribution is -2.45. The molecule has 0 unspecified atom stereocenters. The number of hydrogen-bond acceptors (Lipinski definition) is 5. The van der Waals surface area contributed by atoms with Crippen LogP contribution >= 0.6 is 0 Å². The van der Waals surface area contributed by atoms with Gasteiger partial charge in [-0.25, -0.2) is 4.39 Å². The van der Waals surface area contributed by atoms with Crippen LogP contribution in [-0.2, 0) is 38.4 Å². The summed E-state index contributed by atoms with van der Waals surface area (Å²) in [4.78, 5) is 43.5. The molecule has 4 aromatic rings. The van der Waals surface area contributed by atoms with Crippen LogP contribution in [0.25, 0.3) is 10.9 Å². The first-order chi connectivity index (χ1) is 23.8. The zero-order valence-electron chi connectivity index (χ0n) is 27.8. The van der Waals surface area contributed by atoms with Gasteiger partial charge in [0.15, 0.2) is 0 Å². The molecule has 9 heteroatoms. The van der Waals surface area contributed by atoms with Gasteiger partial charge in [0.1, 0.15) is 12.4 Å². The van der Waals surface area contributed by atoms with Crippen molar-refractivity contribution in [1.82, 2.24) is 15.6 Å². The first kappa shape index (κ1) is 36.8. The number of ether oxygens (including phenoxy) is 1. The second kappa shape index (κ2) is 19.1. The summed E-state index contributed by atoms with van der Waals surface area (Å²) in [5.41, 5.74) is 3.67. The fraction of sp³-hybridized carbons (Fsp3) is 0.325. The summed E-state index contributed by atoms with van der Waals surface area (Å²) in [6, 6.07) is 22.3. The number of carbonyl (C=O) groups is 3. The Morgan fingerprint density at radius 2 is 1.55 bits per heavy atom. The van der Waals surface area contributed by atoms with Gasteiger partial charge in [0, 0.05) is 23.5 Å². The van der Waals surface area contributed by atoms with E-state index in [2.05, 4.69) is 28.8 Å². The van der Waals surface area contributed by atoms with Crippen LogP contribution in [0, 0.1) is 17.7 Å².